The molecule has 0 spiro atoms. The Bertz CT molecular complexity index is 532. The highest BCUT2D eigenvalue weighted by Crippen LogP contribution is 2.31. The number of nitriles is 1. The number of hydrogen-bond acceptors (Lipinski definition) is 4. The highest BCUT2D eigenvalue weighted by molar-refractivity contribution is 5.94. The number of rotatable bonds is 3. The van der Waals surface area contributed by atoms with Crippen molar-refractivity contribution in [3.05, 3.63) is 28.8 Å². The average Bonchev–Trinajstić information content (AvgIpc) is 2.35. The van der Waals surface area contributed by atoms with Gasteiger partial charge in [-0.15, -0.1) is 13.2 Å². The fraction of sp³-hybridized carbons (Fsp3) is 0.333. The van der Waals surface area contributed by atoms with Gasteiger partial charge in [-0.25, -0.2) is 4.79 Å². The summed E-state index contributed by atoms with van der Waals surface area (Å²) in [5.74, 6) is -1.38. The van der Waals surface area contributed by atoms with Crippen LogP contribution in [0.2, 0.25) is 0 Å². The van der Waals surface area contributed by atoms with Crippen LogP contribution in [0.15, 0.2) is 12.1 Å². The number of benzene rings is 1. The summed E-state index contributed by atoms with van der Waals surface area (Å²) in [6, 6.07) is 3.84. The summed E-state index contributed by atoms with van der Waals surface area (Å²) >= 11 is 0. The molecule has 0 N–H and O–H groups in total. The van der Waals surface area contributed by atoms with Gasteiger partial charge in [-0.3, -0.25) is 0 Å². The number of methoxy groups -OCH3 is 1. The Morgan fingerprint density at radius 2 is 2.05 bits per heavy atom. The molecule has 0 amide bonds. The predicted molar refractivity (Wildman–Crippen MR) is 58.6 cm³/mol. The molecular formula is C12H10F3NO3. The molecule has 1 rings (SSSR count). The van der Waals surface area contributed by atoms with Gasteiger partial charge in [0.05, 0.1) is 18.2 Å². The van der Waals surface area contributed by atoms with E-state index in [4.69, 9.17) is 5.26 Å². The van der Waals surface area contributed by atoms with Gasteiger partial charge in [-0.1, -0.05) is 6.92 Å². The van der Waals surface area contributed by atoms with Crippen LogP contribution in [0.3, 0.4) is 0 Å². The minimum atomic E-state index is -4.87. The molecule has 102 valence electrons. The van der Waals surface area contributed by atoms with Gasteiger partial charge in [-0.2, -0.15) is 5.26 Å². The summed E-state index contributed by atoms with van der Waals surface area (Å²) < 4.78 is 45.1. The molecule has 0 aliphatic rings. The minimum absolute atomic E-state index is 0.0109. The van der Waals surface area contributed by atoms with E-state index in [1.807, 2.05) is 0 Å². The lowest BCUT2D eigenvalue weighted by Gasteiger charge is -2.15. The Balaban J connectivity index is 3.45. The largest absolute Gasteiger partial charge is 0.573 e. The van der Waals surface area contributed by atoms with E-state index < -0.39 is 18.1 Å². The number of carbonyl (C=O) groups is 1. The highest BCUT2D eigenvalue weighted by atomic mass is 19.4. The van der Waals surface area contributed by atoms with Crippen molar-refractivity contribution in [2.75, 3.05) is 7.11 Å². The van der Waals surface area contributed by atoms with Gasteiger partial charge in [0, 0.05) is 5.56 Å². The van der Waals surface area contributed by atoms with Crippen molar-refractivity contribution in [3.63, 3.8) is 0 Å². The lowest BCUT2D eigenvalue weighted by atomic mass is 9.98. The zero-order valence-electron chi connectivity index (χ0n) is 10.2. The Labute approximate surface area is 107 Å². The smallest absolute Gasteiger partial charge is 0.465 e. The molecule has 0 saturated heterocycles. The first-order valence-corrected chi connectivity index (χ1v) is 5.24. The first-order chi connectivity index (χ1) is 8.84. The maximum absolute atomic E-state index is 12.3. The third kappa shape index (κ3) is 3.37. The topological polar surface area (TPSA) is 59.3 Å². The predicted octanol–water partition coefficient (Wildman–Crippen LogP) is 2.81. The molecule has 1 aromatic carbocycles. The summed E-state index contributed by atoms with van der Waals surface area (Å²) in [5, 5.41) is 8.89. The van der Waals surface area contributed by atoms with E-state index in [2.05, 4.69) is 9.47 Å². The summed E-state index contributed by atoms with van der Waals surface area (Å²) in [6.07, 6.45) is -4.78. The van der Waals surface area contributed by atoms with Gasteiger partial charge in [0.1, 0.15) is 11.8 Å². The molecule has 0 atom stereocenters. The van der Waals surface area contributed by atoms with Crippen LogP contribution in [0, 0.1) is 11.3 Å². The maximum Gasteiger partial charge on any atom is 0.573 e. The van der Waals surface area contributed by atoms with Crippen LogP contribution < -0.4 is 4.74 Å². The Morgan fingerprint density at radius 3 is 2.47 bits per heavy atom. The molecule has 0 bridgehead atoms. The normalized spacial score (nSPS) is 10.7. The molecule has 0 aliphatic heterocycles. The molecular weight excluding hydrogens is 263 g/mol. The summed E-state index contributed by atoms with van der Waals surface area (Å²) in [6.45, 7) is 1.55. The maximum atomic E-state index is 12.3. The van der Waals surface area contributed by atoms with Crippen molar-refractivity contribution >= 4 is 5.97 Å². The number of ether oxygens (including phenoxy) is 2. The van der Waals surface area contributed by atoms with Gasteiger partial charge in [0.15, 0.2) is 0 Å². The second kappa shape index (κ2) is 5.61. The highest BCUT2D eigenvalue weighted by Gasteiger charge is 2.33. The third-order valence-electron chi connectivity index (χ3n) is 2.36. The zero-order valence-corrected chi connectivity index (χ0v) is 10.2. The molecule has 7 heteroatoms. The number of nitrogens with zero attached hydrogens (tertiary/aromatic N) is 1. The van der Waals surface area contributed by atoms with Crippen molar-refractivity contribution in [2.45, 2.75) is 19.7 Å². The van der Waals surface area contributed by atoms with Crippen molar-refractivity contribution < 1.29 is 27.4 Å². The summed E-state index contributed by atoms with van der Waals surface area (Å²) in [4.78, 5) is 11.6. The molecule has 0 unspecified atom stereocenters. The second-order valence-corrected chi connectivity index (χ2v) is 3.47. The van der Waals surface area contributed by atoms with E-state index in [9.17, 15) is 18.0 Å². The van der Waals surface area contributed by atoms with Crippen LogP contribution in [0.25, 0.3) is 0 Å². The Morgan fingerprint density at radius 1 is 1.42 bits per heavy atom. The quantitative estimate of drug-likeness (QED) is 0.794. The van der Waals surface area contributed by atoms with Crippen molar-refractivity contribution in [1.29, 1.82) is 5.26 Å². The molecule has 1 aromatic rings. The molecule has 0 aromatic heterocycles. The van der Waals surface area contributed by atoms with E-state index in [-0.39, 0.29) is 23.1 Å². The standard InChI is InChI=1S/C12H10F3NO3/c1-3-8-9(19-12(13,14)15)5-4-7(6-16)10(8)11(17)18-2/h4-5H,3H2,1-2H3. The van der Waals surface area contributed by atoms with Crippen LogP contribution in [0.1, 0.15) is 28.4 Å². The fourth-order valence-electron chi connectivity index (χ4n) is 1.63. The average molecular weight is 273 g/mol. The van der Waals surface area contributed by atoms with Gasteiger partial charge in [0.2, 0.25) is 0 Å². The Kier molecular flexibility index (Phi) is 4.38. The molecule has 0 aliphatic carbocycles. The van der Waals surface area contributed by atoms with E-state index in [1.165, 1.54) is 0 Å². The van der Waals surface area contributed by atoms with Crippen LogP contribution in [0.5, 0.6) is 5.75 Å². The van der Waals surface area contributed by atoms with Gasteiger partial charge in [-0.05, 0) is 18.6 Å². The van der Waals surface area contributed by atoms with Crippen LogP contribution in [-0.4, -0.2) is 19.4 Å². The molecule has 0 heterocycles. The van der Waals surface area contributed by atoms with Gasteiger partial charge < -0.3 is 9.47 Å². The first kappa shape index (κ1) is 14.8. The summed E-state index contributed by atoms with van der Waals surface area (Å²) in [5.41, 5.74) is -0.268. The molecule has 0 saturated carbocycles. The van der Waals surface area contributed by atoms with Crippen molar-refractivity contribution in [3.8, 4) is 11.8 Å². The molecule has 4 nitrogen and oxygen atoms in total. The third-order valence-corrected chi connectivity index (χ3v) is 2.36. The van der Waals surface area contributed by atoms with Crippen molar-refractivity contribution in [2.24, 2.45) is 0 Å². The zero-order chi connectivity index (χ0) is 14.6. The fourth-order valence-corrected chi connectivity index (χ4v) is 1.63. The van der Waals surface area contributed by atoms with Gasteiger partial charge in [0.25, 0.3) is 0 Å². The van der Waals surface area contributed by atoms with E-state index in [1.54, 1.807) is 13.0 Å². The van der Waals surface area contributed by atoms with Crippen LogP contribution in [0.4, 0.5) is 13.2 Å². The SMILES string of the molecule is CCc1c(OC(F)(F)F)ccc(C#N)c1C(=O)OC. The molecule has 0 fully saturated rings. The molecule has 19 heavy (non-hydrogen) atoms. The number of halogens is 3. The van der Waals surface area contributed by atoms with Gasteiger partial charge >= 0.3 is 12.3 Å². The van der Waals surface area contributed by atoms with E-state index in [0.717, 1.165) is 19.2 Å². The lowest BCUT2D eigenvalue weighted by Crippen LogP contribution is -2.19. The van der Waals surface area contributed by atoms with Crippen molar-refractivity contribution in [1.82, 2.24) is 0 Å². The van der Waals surface area contributed by atoms with Crippen LogP contribution >= 0.6 is 0 Å². The van der Waals surface area contributed by atoms with E-state index >= 15 is 0 Å². The number of alkyl halides is 3. The number of esters is 1. The Hall–Kier alpha value is -2.23. The summed E-state index contributed by atoms with van der Waals surface area (Å²) in [7, 11) is 1.08. The second-order valence-electron chi connectivity index (χ2n) is 3.47. The monoisotopic (exact) mass is 273 g/mol. The number of hydrogen-bond donors (Lipinski definition) is 0. The van der Waals surface area contributed by atoms with E-state index in [0.29, 0.717) is 0 Å². The van der Waals surface area contributed by atoms with Crippen LogP contribution in [-0.2, 0) is 11.2 Å². The minimum Gasteiger partial charge on any atom is -0.465 e. The molecule has 0 radical (unpaired) electrons. The number of carbonyl (C=O) groups excluding carboxylic acids is 1. The lowest BCUT2D eigenvalue weighted by molar-refractivity contribution is -0.274. The first-order valence-electron chi connectivity index (χ1n) is 5.24.